The third-order valence-corrected chi connectivity index (χ3v) is 15.3. The van der Waals surface area contributed by atoms with Crippen LogP contribution in [0, 0.1) is 5.92 Å². The smallest absolute Gasteiger partial charge is 0.187 e. The molecule has 0 bridgehead atoms. The van der Waals surface area contributed by atoms with Crippen LogP contribution in [0.3, 0.4) is 0 Å². The van der Waals surface area contributed by atoms with Gasteiger partial charge in [-0.1, -0.05) is 0 Å². The first-order valence-electron chi connectivity index (χ1n) is 25.1. The van der Waals surface area contributed by atoms with E-state index in [-0.39, 0.29) is 0 Å². The highest BCUT2D eigenvalue weighted by Gasteiger charge is 2.59. The molecule has 0 aromatic carbocycles. The molecule has 36 atom stereocenters. The second-order valence-electron chi connectivity index (χ2n) is 20.3. The number of aliphatic hydroxyl groups excluding tert-OH is 23. The zero-order chi connectivity index (χ0) is 57.5. The topological polar surface area (TPSA) is 579 Å². The van der Waals surface area contributed by atoms with E-state index in [0.29, 0.717) is 0 Å². The normalized spacial score (nSPS) is 54.5. The Bertz CT molecular complexity index is 1830. The molecular weight excluding hydrogens is 1070 g/mol. The van der Waals surface area contributed by atoms with Crippen LogP contribution < -0.4 is 5.32 Å². The minimum atomic E-state index is -2.18. The highest BCUT2D eigenvalue weighted by Crippen LogP contribution is 2.38. The maximum Gasteiger partial charge on any atom is 0.187 e. The van der Waals surface area contributed by atoms with Crippen molar-refractivity contribution in [3.8, 4) is 0 Å². The molecule has 78 heavy (non-hydrogen) atoms. The Morgan fingerprint density at radius 1 is 0.282 bits per heavy atom. The van der Waals surface area contributed by atoms with Gasteiger partial charge < -0.3 is 175 Å². The molecule has 0 aromatic heterocycles. The van der Waals surface area contributed by atoms with E-state index >= 15 is 0 Å². The van der Waals surface area contributed by atoms with E-state index in [4.69, 9.17) is 52.1 Å². The molecule has 6 aliphatic heterocycles. The first-order chi connectivity index (χ1) is 36.9. The van der Waals surface area contributed by atoms with Gasteiger partial charge in [0.25, 0.3) is 0 Å². The fourth-order valence-electron chi connectivity index (χ4n) is 10.7. The highest BCUT2D eigenvalue weighted by atomic mass is 16.8. The molecule has 1 unspecified atom stereocenters. The van der Waals surface area contributed by atoms with Crippen molar-refractivity contribution in [1.82, 2.24) is 5.32 Å². The quantitative estimate of drug-likeness (QED) is 0.0606. The van der Waals surface area contributed by atoms with E-state index < -0.39 is 260 Å². The van der Waals surface area contributed by atoms with Gasteiger partial charge in [0, 0.05) is 5.92 Å². The van der Waals surface area contributed by atoms with Crippen LogP contribution >= 0.6 is 0 Å². The largest absolute Gasteiger partial charge is 0.396 e. The Balaban J connectivity index is 0.945. The van der Waals surface area contributed by atoms with Crippen LogP contribution in [0.2, 0.25) is 0 Å². The molecule has 456 valence electrons. The van der Waals surface area contributed by atoms with Gasteiger partial charge in [-0.15, -0.1) is 0 Å². The number of ether oxygens (including phenoxy) is 11. The molecule has 0 radical (unpaired) electrons. The first kappa shape index (κ1) is 64.2. The highest BCUT2D eigenvalue weighted by molar-refractivity contribution is 5.07. The van der Waals surface area contributed by atoms with Gasteiger partial charge in [-0.3, -0.25) is 0 Å². The van der Waals surface area contributed by atoms with Crippen LogP contribution in [-0.4, -0.2) is 372 Å². The third-order valence-electron chi connectivity index (χ3n) is 15.3. The number of aliphatic hydroxyl groups is 23. The molecule has 0 aromatic rings. The van der Waals surface area contributed by atoms with Crippen LogP contribution in [0.4, 0.5) is 0 Å². The molecule has 7 fully saturated rings. The predicted molar refractivity (Wildman–Crippen MR) is 237 cm³/mol. The van der Waals surface area contributed by atoms with Crippen molar-refractivity contribution in [1.29, 1.82) is 0 Å². The van der Waals surface area contributed by atoms with E-state index in [2.05, 4.69) is 5.32 Å². The van der Waals surface area contributed by atoms with Crippen molar-refractivity contribution in [2.24, 2.45) is 5.92 Å². The molecule has 7 aliphatic rings. The SMILES string of the molecule is C[C@H]1O[C@H](O[C@H]2[C@H](O)[C@@H](O)[C@@H](O[C@H]3[C@H](O)[C@@H](O)[C@@H](O[C@H]4[C@H](O)[C@@H](O)[C@@H](O[C@H]5[C@H](O)[C@@H](O)C(O)O[C@@H]5CO)O[C@@H]4CO)O[C@@H]3CO)O[C@@H]2CO)[C@H](O)[C@@H](O)[C@@H]1N[C@@H]1[C@H](O)[C@@H](O)[C@H](O[C@H]2O[C@H](CO)[C@@H](O)[C@H](O)[C@H]2O)[C@@H](CO)[C@H]1O. The standard InChI is InChI=1S/C43H75NO34/c1-8-15(44-16-17(51)9(2-45)33(22(56)20(16)54)74-40-29(63)21(55)18(52)10(3-46)70-40)19(53)28(62)39(68-8)75-35-12(5-48)71-42(30(64)24(35)58)77-37-14(7-50)73-43(32(66)26(37)60)78-36-13(6-49)72-41(31(65)25(36)59)76-34-11(4-47)69-38(67)27(61)23(34)57/h8-67H,2-7H2,1H3/t8-,9+,10-,11-,12-,13-,14-,15-,16+,17-,18-,19+,20+,21+,22-,23-,24-,25-,26-,27-,28-,29-,30-,31-,32-,33-,34-,35-,36-,37-,38?,39-,40-,41-,42-,43-/m1/s1. The number of hydrogen-bond acceptors (Lipinski definition) is 35. The summed E-state index contributed by atoms with van der Waals surface area (Å²) in [7, 11) is 0. The molecule has 24 N–H and O–H groups in total. The van der Waals surface area contributed by atoms with Gasteiger partial charge in [0.05, 0.1) is 70.0 Å². The molecule has 1 saturated carbocycles. The van der Waals surface area contributed by atoms with Crippen LogP contribution in [0.5, 0.6) is 0 Å². The van der Waals surface area contributed by atoms with Gasteiger partial charge in [0.15, 0.2) is 37.7 Å². The number of hydrogen-bond donors (Lipinski definition) is 24. The van der Waals surface area contributed by atoms with E-state index in [9.17, 15) is 117 Å². The minimum absolute atomic E-state index is 0.835. The fourth-order valence-corrected chi connectivity index (χ4v) is 10.7. The fraction of sp³-hybridized carbons (Fsp3) is 1.00. The summed E-state index contributed by atoms with van der Waals surface area (Å²) in [4.78, 5) is 0. The summed E-state index contributed by atoms with van der Waals surface area (Å²) in [6.45, 7) is -4.35. The molecule has 6 saturated heterocycles. The summed E-state index contributed by atoms with van der Waals surface area (Å²) in [6, 6.07) is -3.06. The summed E-state index contributed by atoms with van der Waals surface area (Å²) >= 11 is 0. The Labute approximate surface area is 441 Å². The molecular formula is C43H75NO34. The van der Waals surface area contributed by atoms with Gasteiger partial charge in [-0.25, -0.2) is 0 Å². The van der Waals surface area contributed by atoms with Crippen molar-refractivity contribution in [2.45, 2.75) is 222 Å². The van der Waals surface area contributed by atoms with Crippen LogP contribution in [0.1, 0.15) is 6.92 Å². The summed E-state index contributed by atoms with van der Waals surface area (Å²) < 4.78 is 61.2. The molecule has 7 rings (SSSR count). The average Bonchev–Trinajstić information content (AvgIpc) is 3.44. The maximum absolute atomic E-state index is 11.4. The Hall–Kier alpha value is -1.40. The molecule has 0 amide bonds. The van der Waals surface area contributed by atoms with E-state index in [1.165, 1.54) is 6.92 Å². The van der Waals surface area contributed by atoms with Crippen molar-refractivity contribution in [2.75, 3.05) is 39.6 Å². The lowest BCUT2D eigenvalue weighted by atomic mass is 9.76. The zero-order valence-electron chi connectivity index (χ0n) is 41.3. The summed E-state index contributed by atoms with van der Waals surface area (Å²) in [5, 5.41) is 248. The van der Waals surface area contributed by atoms with E-state index in [0.717, 1.165) is 0 Å². The Morgan fingerprint density at radius 3 is 0.987 bits per heavy atom. The van der Waals surface area contributed by atoms with Crippen LogP contribution in [0.15, 0.2) is 0 Å². The molecule has 0 spiro atoms. The third kappa shape index (κ3) is 12.7. The lowest BCUT2D eigenvalue weighted by molar-refractivity contribution is -0.391. The van der Waals surface area contributed by atoms with Gasteiger partial charge in [0.2, 0.25) is 0 Å². The summed E-state index contributed by atoms with van der Waals surface area (Å²) in [5.41, 5.74) is 0. The zero-order valence-corrected chi connectivity index (χ0v) is 41.3. The van der Waals surface area contributed by atoms with Crippen molar-refractivity contribution in [3.05, 3.63) is 0 Å². The van der Waals surface area contributed by atoms with Crippen LogP contribution in [-0.2, 0) is 52.1 Å². The lowest BCUT2D eigenvalue weighted by Crippen LogP contribution is -2.73. The van der Waals surface area contributed by atoms with Gasteiger partial charge in [-0.2, -0.15) is 0 Å². The minimum Gasteiger partial charge on any atom is -0.396 e. The molecule has 6 heterocycles. The number of nitrogens with one attached hydrogen (secondary N) is 1. The summed E-state index contributed by atoms with van der Waals surface area (Å²) in [5.74, 6) is -1.49. The second-order valence-corrected chi connectivity index (χ2v) is 20.3. The molecule has 1 aliphatic carbocycles. The second kappa shape index (κ2) is 27.1. The van der Waals surface area contributed by atoms with Crippen molar-refractivity contribution in [3.63, 3.8) is 0 Å². The predicted octanol–water partition coefficient (Wildman–Crippen LogP) is -16.0. The first-order valence-corrected chi connectivity index (χ1v) is 25.1. The monoisotopic (exact) mass is 1150 g/mol. The van der Waals surface area contributed by atoms with Gasteiger partial charge in [0.1, 0.15) is 146 Å². The molecule has 35 nitrogen and oxygen atoms in total. The molecule has 35 heteroatoms. The van der Waals surface area contributed by atoms with Crippen LogP contribution in [0.25, 0.3) is 0 Å². The maximum atomic E-state index is 11.4. The number of rotatable bonds is 18. The Morgan fingerprint density at radius 2 is 0.590 bits per heavy atom. The van der Waals surface area contributed by atoms with Crippen molar-refractivity contribution < 1.29 is 170 Å². The van der Waals surface area contributed by atoms with Gasteiger partial charge >= 0.3 is 0 Å². The van der Waals surface area contributed by atoms with E-state index in [1.807, 2.05) is 0 Å². The Kier molecular flexibility index (Phi) is 22.3. The average molecular weight is 1150 g/mol. The lowest BCUT2D eigenvalue weighted by Gasteiger charge is -2.51. The van der Waals surface area contributed by atoms with E-state index in [1.54, 1.807) is 0 Å². The van der Waals surface area contributed by atoms with Gasteiger partial charge in [-0.05, 0) is 6.92 Å². The van der Waals surface area contributed by atoms with Crippen molar-refractivity contribution >= 4 is 0 Å². The summed E-state index contributed by atoms with van der Waals surface area (Å²) in [6.07, 6.45) is -61.9.